The number of nitrogens with zero attached hydrogens (tertiary/aromatic N) is 3. The molecule has 0 saturated heterocycles. The molecule has 2 N–H and O–H groups in total. The van der Waals surface area contributed by atoms with Crippen LogP contribution in [0.4, 0.5) is 0 Å². The lowest BCUT2D eigenvalue weighted by atomic mass is 10.2. The van der Waals surface area contributed by atoms with E-state index >= 15 is 0 Å². The molecule has 0 bridgehead atoms. The molecule has 13 nitrogen and oxygen atoms in total. The number of esters is 3. The topological polar surface area (TPSA) is 160 Å². The molecule has 1 atom stereocenters. The number of hydrogen-bond donors (Lipinski definition) is 2. The zero-order valence-corrected chi connectivity index (χ0v) is 23.7. The lowest BCUT2D eigenvalue weighted by Gasteiger charge is -2.34. The third kappa shape index (κ3) is 19.4. The van der Waals surface area contributed by atoms with Gasteiger partial charge in [-0.05, 0) is 34.2 Å². The van der Waals surface area contributed by atoms with Gasteiger partial charge in [0.25, 0.3) is 0 Å². The first-order valence-corrected chi connectivity index (χ1v) is 12.8. The van der Waals surface area contributed by atoms with Gasteiger partial charge in [-0.15, -0.1) is 0 Å². The summed E-state index contributed by atoms with van der Waals surface area (Å²) in [6.45, 7) is 8.10. The Balaban J connectivity index is 4.89. The van der Waals surface area contributed by atoms with Gasteiger partial charge in [0.15, 0.2) is 6.54 Å². The van der Waals surface area contributed by atoms with E-state index in [9.17, 15) is 24.0 Å². The number of carbonyl (C=O) groups is 5. The summed E-state index contributed by atoms with van der Waals surface area (Å²) in [5, 5.41) is 18.0. The average Bonchev–Trinajstić information content (AvgIpc) is 2.73. The molecule has 0 amide bonds. The molecule has 0 fully saturated rings. The van der Waals surface area contributed by atoms with Crippen molar-refractivity contribution in [1.29, 1.82) is 0 Å². The van der Waals surface area contributed by atoms with Crippen molar-refractivity contribution < 1.29 is 52.9 Å². The normalized spacial score (nSPS) is 13.2. The van der Waals surface area contributed by atoms with E-state index in [0.717, 1.165) is 0 Å². The average molecular weight is 549 g/mol. The minimum absolute atomic E-state index is 0.00131. The highest BCUT2D eigenvalue weighted by Gasteiger charge is 2.29. The molecule has 0 aliphatic heterocycles. The van der Waals surface area contributed by atoms with E-state index in [4.69, 9.17) is 24.4 Å². The SMILES string of the molecule is CCCC(=O)OCC[N+](C)(CCOC(=O)CCN(CCN(C)CC(=O)O)CC(=O)O)CC(=O)OC(C)(C)C. The number of rotatable bonds is 20. The van der Waals surface area contributed by atoms with Crippen molar-refractivity contribution in [1.82, 2.24) is 9.80 Å². The van der Waals surface area contributed by atoms with Crippen LogP contribution in [-0.2, 0) is 38.2 Å². The lowest BCUT2D eigenvalue weighted by molar-refractivity contribution is -0.902. The Bertz CT molecular complexity index is 784. The number of hydrogen-bond acceptors (Lipinski definition) is 10. The highest BCUT2D eigenvalue weighted by Crippen LogP contribution is 2.11. The van der Waals surface area contributed by atoms with Gasteiger partial charge in [-0.1, -0.05) is 6.92 Å². The third-order valence-electron chi connectivity index (χ3n) is 5.37. The van der Waals surface area contributed by atoms with Crippen LogP contribution < -0.4 is 0 Å². The van der Waals surface area contributed by atoms with Crippen molar-refractivity contribution in [2.24, 2.45) is 0 Å². The van der Waals surface area contributed by atoms with Crippen LogP contribution in [0.1, 0.15) is 47.0 Å². The van der Waals surface area contributed by atoms with Crippen molar-refractivity contribution in [3.05, 3.63) is 0 Å². The first-order chi connectivity index (χ1) is 17.5. The van der Waals surface area contributed by atoms with Crippen molar-refractivity contribution in [2.45, 2.75) is 52.6 Å². The molecule has 0 aromatic heterocycles. The van der Waals surface area contributed by atoms with Crippen molar-refractivity contribution >= 4 is 29.8 Å². The molecule has 0 aliphatic rings. The van der Waals surface area contributed by atoms with Gasteiger partial charge in [0.2, 0.25) is 0 Å². The van der Waals surface area contributed by atoms with Gasteiger partial charge in [-0.3, -0.25) is 29.0 Å². The zero-order valence-electron chi connectivity index (χ0n) is 23.7. The van der Waals surface area contributed by atoms with Crippen LogP contribution in [0, 0.1) is 0 Å². The standard InChI is InChI=1S/C25H45N3O10/c1-7-8-22(33)36-15-13-28(6,19-24(35)38-25(2,3)4)14-16-37-23(34)9-10-27(18-21(31)32)12-11-26(5)17-20(29)30/h7-19H2,1-6H3,(H-,29,30,31,32)/p+1. The number of carboxylic acid groups (broad SMARTS) is 2. The smallest absolute Gasteiger partial charge is 0.362 e. The fourth-order valence-corrected chi connectivity index (χ4v) is 3.40. The summed E-state index contributed by atoms with van der Waals surface area (Å²) in [7, 11) is 3.40. The molecule has 38 heavy (non-hydrogen) atoms. The molecule has 0 rings (SSSR count). The van der Waals surface area contributed by atoms with Crippen LogP contribution in [-0.4, -0.2) is 140 Å². The molecule has 0 aromatic carbocycles. The highest BCUT2D eigenvalue weighted by atomic mass is 16.6. The van der Waals surface area contributed by atoms with E-state index in [2.05, 4.69) is 0 Å². The van der Waals surface area contributed by atoms with E-state index in [1.54, 1.807) is 39.8 Å². The van der Waals surface area contributed by atoms with Crippen molar-refractivity contribution in [3.8, 4) is 0 Å². The van der Waals surface area contributed by atoms with Gasteiger partial charge < -0.3 is 28.9 Å². The van der Waals surface area contributed by atoms with E-state index in [1.807, 2.05) is 6.92 Å². The zero-order chi connectivity index (χ0) is 29.4. The molecule has 13 heteroatoms. The maximum atomic E-state index is 12.5. The van der Waals surface area contributed by atoms with E-state index in [-0.39, 0.29) is 69.4 Å². The Morgan fingerprint density at radius 2 is 1.32 bits per heavy atom. The van der Waals surface area contributed by atoms with Gasteiger partial charge in [0.1, 0.15) is 31.9 Å². The largest absolute Gasteiger partial charge is 0.480 e. The van der Waals surface area contributed by atoms with Gasteiger partial charge in [-0.2, -0.15) is 0 Å². The van der Waals surface area contributed by atoms with Crippen molar-refractivity contribution in [2.75, 3.05) is 79.7 Å². The van der Waals surface area contributed by atoms with E-state index in [0.29, 0.717) is 25.9 Å². The minimum Gasteiger partial charge on any atom is -0.480 e. The predicted molar refractivity (Wildman–Crippen MR) is 137 cm³/mol. The monoisotopic (exact) mass is 548 g/mol. The summed E-state index contributed by atoms with van der Waals surface area (Å²) in [5.41, 5.74) is -0.660. The number of aliphatic carboxylic acids is 2. The predicted octanol–water partition coefficient (Wildman–Crippen LogP) is 0.454. The Morgan fingerprint density at radius 3 is 1.79 bits per heavy atom. The van der Waals surface area contributed by atoms with Crippen LogP contribution in [0.2, 0.25) is 0 Å². The Morgan fingerprint density at radius 1 is 0.789 bits per heavy atom. The number of carbonyl (C=O) groups excluding carboxylic acids is 3. The van der Waals surface area contributed by atoms with Gasteiger partial charge >= 0.3 is 29.8 Å². The molecule has 220 valence electrons. The summed E-state index contributed by atoms with van der Waals surface area (Å²) in [5.74, 6) is -3.32. The highest BCUT2D eigenvalue weighted by molar-refractivity contribution is 5.72. The van der Waals surface area contributed by atoms with E-state index in [1.165, 1.54) is 4.90 Å². The Labute approximate surface area is 225 Å². The van der Waals surface area contributed by atoms with Gasteiger partial charge in [0, 0.05) is 26.1 Å². The summed E-state index contributed by atoms with van der Waals surface area (Å²) >= 11 is 0. The van der Waals surface area contributed by atoms with Gasteiger partial charge in [0.05, 0.1) is 26.6 Å². The quantitative estimate of drug-likeness (QED) is 0.123. The second kappa shape index (κ2) is 17.7. The second-order valence-electron chi connectivity index (χ2n) is 10.6. The van der Waals surface area contributed by atoms with Crippen LogP contribution in [0.3, 0.4) is 0 Å². The number of quaternary nitrogens is 1. The fourth-order valence-electron chi connectivity index (χ4n) is 3.40. The second-order valence-corrected chi connectivity index (χ2v) is 10.6. The van der Waals surface area contributed by atoms with Crippen LogP contribution in [0.15, 0.2) is 0 Å². The maximum Gasteiger partial charge on any atom is 0.362 e. The summed E-state index contributed by atoms with van der Waals surface area (Å²) in [6.07, 6.45) is 0.921. The summed E-state index contributed by atoms with van der Waals surface area (Å²) in [4.78, 5) is 61.5. The molecular formula is C25H46N3O10+. The molecule has 0 saturated carbocycles. The molecule has 0 aliphatic carbocycles. The molecule has 0 aromatic rings. The molecule has 1 unspecified atom stereocenters. The Kier molecular flexibility index (Phi) is 16.4. The fraction of sp³-hybridized carbons (Fsp3) is 0.800. The summed E-state index contributed by atoms with van der Waals surface area (Å²) < 4.78 is 16.1. The first-order valence-electron chi connectivity index (χ1n) is 12.8. The minimum atomic E-state index is -1.06. The van der Waals surface area contributed by atoms with Crippen molar-refractivity contribution in [3.63, 3.8) is 0 Å². The number of ether oxygens (including phenoxy) is 3. The first kappa shape index (κ1) is 35.2. The lowest BCUT2D eigenvalue weighted by Crippen LogP contribution is -2.52. The third-order valence-corrected chi connectivity index (χ3v) is 5.37. The van der Waals surface area contributed by atoms with Gasteiger partial charge in [-0.25, -0.2) is 4.79 Å². The number of likely N-dealkylation sites (N-methyl/N-ethyl adjacent to an activating group) is 2. The molecule has 0 spiro atoms. The van der Waals surface area contributed by atoms with E-state index < -0.39 is 29.5 Å². The number of carboxylic acids is 2. The molecule has 0 heterocycles. The molecule has 0 radical (unpaired) electrons. The summed E-state index contributed by atoms with van der Waals surface area (Å²) in [6, 6.07) is 0. The maximum absolute atomic E-state index is 12.5. The molecular weight excluding hydrogens is 502 g/mol. The van der Waals surface area contributed by atoms with Crippen LogP contribution in [0.5, 0.6) is 0 Å². The van der Waals surface area contributed by atoms with Crippen LogP contribution >= 0.6 is 0 Å². The Hall–Kier alpha value is -2.77. The van der Waals surface area contributed by atoms with Crippen LogP contribution in [0.25, 0.3) is 0 Å².